The average molecular weight is 459 g/mol. The zero-order chi connectivity index (χ0) is 20.1. The van der Waals surface area contributed by atoms with Gasteiger partial charge in [0.2, 0.25) is 0 Å². The minimum Gasteiger partial charge on any atom is -0.489 e. The number of aromatic nitrogens is 1. The van der Waals surface area contributed by atoms with E-state index in [2.05, 4.69) is 4.98 Å². The van der Waals surface area contributed by atoms with Gasteiger partial charge in [0.15, 0.2) is 5.13 Å². The van der Waals surface area contributed by atoms with E-state index in [0.717, 1.165) is 15.6 Å². The van der Waals surface area contributed by atoms with Crippen LogP contribution in [0.1, 0.15) is 0 Å². The van der Waals surface area contributed by atoms with E-state index in [-0.39, 0.29) is 23.2 Å². The Labute approximate surface area is 177 Å². The van der Waals surface area contributed by atoms with Crippen molar-refractivity contribution in [3.05, 3.63) is 70.2 Å². The minimum absolute atomic E-state index is 0.108. The number of aliphatic hydroxyl groups excluding tert-OH is 1. The molecule has 6 nitrogen and oxygen atoms in total. The van der Waals surface area contributed by atoms with Gasteiger partial charge in [0.1, 0.15) is 18.5 Å². The molecule has 0 saturated heterocycles. The van der Waals surface area contributed by atoms with Gasteiger partial charge >= 0.3 is 0 Å². The SMILES string of the molecule is O=S(=O)(c1ccccc1)N(C[C@@H](O)COc1cc(Cl)ccc1Cl)c1nccs1. The van der Waals surface area contributed by atoms with Gasteiger partial charge in [-0.1, -0.05) is 41.4 Å². The fourth-order valence-corrected chi connectivity index (χ4v) is 5.05. The molecule has 1 aromatic heterocycles. The molecule has 1 heterocycles. The van der Waals surface area contributed by atoms with Crippen LogP contribution < -0.4 is 9.04 Å². The van der Waals surface area contributed by atoms with Gasteiger partial charge in [0.25, 0.3) is 10.0 Å². The molecule has 0 fully saturated rings. The number of hydrogen-bond donors (Lipinski definition) is 1. The van der Waals surface area contributed by atoms with Crippen LogP contribution in [0.5, 0.6) is 5.75 Å². The van der Waals surface area contributed by atoms with Crippen molar-refractivity contribution < 1.29 is 18.3 Å². The molecule has 0 saturated carbocycles. The molecule has 0 aliphatic carbocycles. The zero-order valence-corrected chi connectivity index (χ0v) is 17.5. The van der Waals surface area contributed by atoms with E-state index >= 15 is 0 Å². The lowest BCUT2D eigenvalue weighted by Crippen LogP contribution is -2.39. The standard InChI is InChI=1S/C18H16Cl2N2O4S2/c19-13-6-7-16(20)17(10-13)26-12-14(23)11-22(18-21-8-9-27-18)28(24,25)15-4-2-1-3-5-15/h1-10,14,23H,11-12H2/t14-/m1/s1. The smallest absolute Gasteiger partial charge is 0.266 e. The highest BCUT2D eigenvalue weighted by Crippen LogP contribution is 2.29. The summed E-state index contributed by atoms with van der Waals surface area (Å²) in [6, 6.07) is 12.7. The van der Waals surface area contributed by atoms with E-state index in [1.165, 1.54) is 24.4 Å². The number of sulfonamides is 1. The molecule has 0 spiro atoms. The molecule has 0 amide bonds. The summed E-state index contributed by atoms with van der Waals surface area (Å²) in [5, 5.41) is 13.1. The van der Waals surface area contributed by atoms with Crippen molar-refractivity contribution in [1.82, 2.24) is 4.98 Å². The van der Waals surface area contributed by atoms with Crippen LogP contribution in [0.15, 0.2) is 65.0 Å². The molecular weight excluding hydrogens is 443 g/mol. The lowest BCUT2D eigenvalue weighted by atomic mass is 10.3. The van der Waals surface area contributed by atoms with Crippen molar-refractivity contribution in [3.63, 3.8) is 0 Å². The number of nitrogens with zero attached hydrogens (tertiary/aromatic N) is 2. The lowest BCUT2D eigenvalue weighted by molar-refractivity contribution is 0.115. The van der Waals surface area contributed by atoms with Crippen LogP contribution in [0, 0.1) is 0 Å². The second-order valence-corrected chi connectivity index (χ2v) is 9.28. The Morgan fingerprint density at radius 1 is 1.18 bits per heavy atom. The topological polar surface area (TPSA) is 79.7 Å². The monoisotopic (exact) mass is 458 g/mol. The molecule has 0 radical (unpaired) electrons. The first-order valence-corrected chi connectivity index (χ1v) is 11.2. The third kappa shape index (κ3) is 4.95. The predicted molar refractivity (Wildman–Crippen MR) is 111 cm³/mol. The zero-order valence-electron chi connectivity index (χ0n) is 14.4. The number of benzene rings is 2. The molecule has 148 valence electrons. The maximum atomic E-state index is 13.0. The second-order valence-electron chi connectivity index (χ2n) is 5.70. The number of anilines is 1. The maximum Gasteiger partial charge on any atom is 0.266 e. The first-order valence-electron chi connectivity index (χ1n) is 8.11. The summed E-state index contributed by atoms with van der Waals surface area (Å²) in [5.41, 5.74) is 0. The van der Waals surface area contributed by atoms with Crippen LogP contribution in [-0.4, -0.2) is 37.8 Å². The highest BCUT2D eigenvalue weighted by Gasteiger charge is 2.29. The van der Waals surface area contributed by atoms with Gasteiger partial charge in [0, 0.05) is 22.7 Å². The Balaban J connectivity index is 1.78. The molecule has 0 aliphatic heterocycles. The molecule has 0 unspecified atom stereocenters. The van der Waals surface area contributed by atoms with Crippen LogP contribution >= 0.6 is 34.5 Å². The predicted octanol–water partition coefficient (Wildman–Crippen LogP) is 4.09. The van der Waals surface area contributed by atoms with Gasteiger partial charge in [-0.15, -0.1) is 11.3 Å². The molecule has 0 aliphatic rings. The highest BCUT2D eigenvalue weighted by atomic mass is 35.5. The Morgan fingerprint density at radius 2 is 1.93 bits per heavy atom. The Morgan fingerprint density at radius 3 is 2.61 bits per heavy atom. The van der Waals surface area contributed by atoms with Crippen LogP contribution in [-0.2, 0) is 10.0 Å². The van der Waals surface area contributed by atoms with Crippen molar-refractivity contribution >= 4 is 49.7 Å². The van der Waals surface area contributed by atoms with Crippen molar-refractivity contribution in [1.29, 1.82) is 0 Å². The van der Waals surface area contributed by atoms with Gasteiger partial charge in [0.05, 0.1) is 16.5 Å². The van der Waals surface area contributed by atoms with Gasteiger partial charge in [-0.25, -0.2) is 17.7 Å². The molecule has 28 heavy (non-hydrogen) atoms. The van der Waals surface area contributed by atoms with Crippen molar-refractivity contribution in [2.24, 2.45) is 0 Å². The number of rotatable bonds is 8. The molecule has 10 heteroatoms. The lowest BCUT2D eigenvalue weighted by Gasteiger charge is -2.24. The number of hydrogen-bond acceptors (Lipinski definition) is 6. The number of aliphatic hydroxyl groups is 1. The van der Waals surface area contributed by atoms with E-state index in [9.17, 15) is 13.5 Å². The average Bonchev–Trinajstić information content (AvgIpc) is 3.21. The molecule has 1 atom stereocenters. The fraction of sp³-hybridized carbons (Fsp3) is 0.167. The van der Waals surface area contributed by atoms with E-state index in [0.29, 0.717) is 15.8 Å². The summed E-state index contributed by atoms with van der Waals surface area (Å²) >= 11 is 13.1. The quantitative estimate of drug-likeness (QED) is 0.549. The largest absolute Gasteiger partial charge is 0.489 e. The third-order valence-corrected chi connectivity index (χ3v) is 6.89. The second kappa shape index (κ2) is 9.11. The summed E-state index contributed by atoms with van der Waals surface area (Å²) in [4.78, 5) is 4.19. The van der Waals surface area contributed by atoms with Crippen molar-refractivity contribution in [2.45, 2.75) is 11.0 Å². The maximum absolute atomic E-state index is 13.0. The molecule has 1 N–H and O–H groups in total. The van der Waals surface area contributed by atoms with E-state index < -0.39 is 16.1 Å². The normalized spacial score (nSPS) is 12.5. The number of halogens is 2. The molecular formula is C18H16Cl2N2O4S2. The Bertz CT molecular complexity index is 1020. The Hall–Kier alpha value is -1.84. The van der Waals surface area contributed by atoms with Crippen molar-refractivity contribution in [3.8, 4) is 5.75 Å². The van der Waals surface area contributed by atoms with Gasteiger partial charge in [-0.3, -0.25) is 0 Å². The first kappa shape index (κ1) is 20.9. The Kier molecular flexibility index (Phi) is 6.79. The van der Waals surface area contributed by atoms with Gasteiger partial charge in [-0.2, -0.15) is 0 Å². The van der Waals surface area contributed by atoms with Crippen LogP contribution in [0.2, 0.25) is 10.0 Å². The van der Waals surface area contributed by atoms with Gasteiger partial charge in [-0.05, 0) is 24.3 Å². The fourth-order valence-electron chi connectivity index (χ4n) is 2.36. The van der Waals surface area contributed by atoms with Crippen LogP contribution in [0.4, 0.5) is 5.13 Å². The highest BCUT2D eigenvalue weighted by molar-refractivity contribution is 7.93. The summed E-state index contributed by atoms with van der Waals surface area (Å²) in [6.45, 7) is -0.408. The minimum atomic E-state index is -3.90. The summed E-state index contributed by atoms with van der Waals surface area (Å²) in [7, 11) is -3.90. The molecule has 3 aromatic rings. The number of thiazole rings is 1. The molecule has 2 aromatic carbocycles. The summed E-state index contributed by atoms with van der Waals surface area (Å²) in [6.07, 6.45) is 0.375. The van der Waals surface area contributed by atoms with E-state index in [1.54, 1.807) is 35.7 Å². The van der Waals surface area contributed by atoms with Crippen LogP contribution in [0.25, 0.3) is 0 Å². The molecule has 3 rings (SSSR count). The summed E-state index contributed by atoms with van der Waals surface area (Å²) < 4.78 is 32.7. The third-order valence-electron chi connectivity index (χ3n) is 3.66. The first-order chi connectivity index (χ1) is 13.4. The van der Waals surface area contributed by atoms with Crippen molar-refractivity contribution in [2.75, 3.05) is 17.5 Å². The summed E-state index contributed by atoms with van der Waals surface area (Å²) in [5.74, 6) is 0.305. The number of ether oxygens (including phenoxy) is 1. The van der Waals surface area contributed by atoms with E-state index in [1.807, 2.05) is 0 Å². The van der Waals surface area contributed by atoms with Crippen LogP contribution in [0.3, 0.4) is 0 Å². The molecule has 0 bridgehead atoms. The van der Waals surface area contributed by atoms with Gasteiger partial charge < -0.3 is 9.84 Å². The van der Waals surface area contributed by atoms with E-state index in [4.69, 9.17) is 27.9 Å².